The predicted octanol–water partition coefficient (Wildman–Crippen LogP) is 4.21. The molecule has 8 heteroatoms. The Morgan fingerprint density at radius 3 is 2.64 bits per heavy atom. The number of aromatic amines is 1. The number of H-pyrrole nitrogens is 1. The normalized spacial score (nSPS) is 11.8. The molecule has 2 aromatic heterocycles. The summed E-state index contributed by atoms with van der Waals surface area (Å²) in [6, 6.07) is 9.57. The first-order chi connectivity index (χ1) is 11.8. The van der Waals surface area contributed by atoms with Crippen LogP contribution in [0.25, 0.3) is 16.0 Å². The highest BCUT2D eigenvalue weighted by atomic mass is 32.2. The van der Waals surface area contributed by atoms with Gasteiger partial charge in [0, 0.05) is 11.1 Å². The predicted molar refractivity (Wildman–Crippen MR) is 106 cm³/mol. The Kier molecular flexibility index (Phi) is 4.95. The number of fused-ring (bicyclic) bond motifs is 1. The molecule has 0 saturated carbocycles. The van der Waals surface area contributed by atoms with Crippen LogP contribution in [0, 0.1) is 9.37 Å². The highest BCUT2D eigenvalue weighted by molar-refractivity contribution is 7.99. The van der Waals surface area contributed by atoms with Crippen molar-refractivity contribution in [1.82, 2.24) is 14.5 Å². The number of ketones is 1. The molecule has 3 rings (SSSR count). The third-order valence-corrected chi connectivity index (χ3v) is 5.85. The molecule has 25 heavy (non-hydrogen) atoms. The zero-order valence-electron chi connectivity index (χ0n) is 14.0. The van der Waals surface area contributed by atoms with Crippen molar-refractivity contribution in [2.45, 2.75) is 25.9 Å². The fourth-order valence-electron chi connectivity index (χ4n) is 2.12. The number of Topliss-reactive ketones (excluding diaryl/α,β-unsaturated/α-hetero) is 1. The van der Waals surface area contributed by atoms with Gasteiger partial charge in [-0.05, 0) is 24.4 Å². The van der Waals surface area contributed by atoms with Gasteiger partial charge in [0.15, 0.2) is 14.8 Å². The molecule has 0 aliphatic heterocycles. The summed E-state index contributed by atoms with van der Waals surface area (Å²) in [5.74, 6) is 0.360. The summed E-state index contributed by atoms with van der Waals surface area (Å²) in [5.41, 5.74) is 0.730. The van der Waals surface area contributed by atoms with Crippen molar-refractivity contribution in [2.24, 2.45) is 5.41 Å². The van der Waals surface area contributed by atoms with Gasteiger partial charge in [-0.15, -0.1) is 0 Å². The molecule has 1 aromatic carbocycles. The SMILES string of the molecule is CC(C)(C)C(=O)CSc1nc2c(sc(=S)n2-c2ccccc2)c(=O)[nH]1. The summed E-state index contributed by atoms with van der Waals surface area (Å²) in [6.45, 7) is 5.63. The van der Waals surface area contributed by atoms with E-state index < -0.39 is 5.41 Å². The number of benzene rings is 1. The monoisotopic (exact) mass is 391 g/mol. The molecule has 130 valence electrons. The molecule has 0 spiro atoms. The van der Waals surface area contributed by atoms with E-state index in [-0.39, 0.29) is 17.1 Å². The standard InChI is InChI=1S/C17H17N3O2S3/c1-17(2,3)11(21)9-24-15-18-13-12(14(22)19-15)25-16(23)20(13)10-7-5-4-6-8-10/h4-8H,9H2,1-3H3,(H,18,19,22). The Morgan fingerprint density at radius 1 is 1.32 bits per heavy atom. The number of para-hydroxylation sites is 1. The second kappa shape index (κ2) is 6.86. The van der Waals surface area contributed by atoms with Crippen LogP contribution in [0.1, 0.15) is 20.8 Å². The number of aromatic nitrogens is 3. The molecular weight excluding hydrogens is 374 g/mol. The summed E-state index contributed by atoms with van der Waals surface area (Å²) in [7, 11) is 0. The van der Waals surface area contributed by atoms with E-state index in [9.17, 15) is 9.59 Å². The fourth-order valence-corrected chi connectivity index (χ4v) is 4.41. The van der Waals surface area contributed by atoms with Crippen LogP contribution in [0.5, 0.6) is 0 Å². The third kappa shape index (κ3) is 3.75. The second-order valence-corrected chi connectivity index (χ2v) is 9.13. The molecule has 0 fully saturated rings. The molecule has 0 bridgehead atoms. The van der Waals surface area contributed by atoms with E-state index in [0.717, 1.165) is 5.69 Å². The van der Waals surface area contributed by atoms with Crippen LogP contribution in [0.4, 0.5) is 0 Å². The molecule has 0 saturated heterocycles. The van der Waals surface area contributed by atoms with E-state index >= 15 is 0 Å². The van der Waals surface area contributed by atoms with Crippen molar-refractivity contribution >= 4 is 51.4 Å². The first kappa shape index (κ1) is 18.0. The average molecular weight is 392 g/mol. The highest BCUT2D eigenvalue weighted by Gasteiger charge is 2.22. The topological polar surface area (TPSA) is 67.8 Å². The number of nitrogens with one attached hydrogen (secondary N) is 1. The van der Waals surface area contributed by atoms with Gasteiger partial charge in [-0.3, -0.25) is 14.2 Å². The van der Waals surface area contributed by atoms with Crippen molar-refractivity contribution in [3.05, 3.63) is 44.6 Å². The zero-order chi connectivity index (χ0) is 18.2. The van der Waals surface area contributed by atoms with Crippen molar-refractivity contribution in [1.29, 1.82) is 0 Å². The van der Waals surface area contributed by atoms with E-state index in [2.05, 4.69) is 9.97 Å². The third-order valence-electron chi connectivity index (χ3n) is 3.61. The summed E-state index contributed by atoms with van der Waals surface area (Å²) < 4.78 is 2.84. The summed E-state index contributed by atoms with van der Waals surface area (Å²) >= 11 is 7.89. The van der Waals surface area contributed by atoms with Crippen LogP contribution in [0.3, 0.4) is 0 Å². The molecule has 0 aliphatic carbocycles. The van der Waals surface area contributed by atoms with Crippen molar-refractivity contribution < 1.29 is 4.79 Å². The number of thiazole rings is 1. The van der Waals surface area contributed by atoms with Crippen molar-refractivity contribution in [3.8, 4) is 5.69 Å². The van der Waals surface area contributed by atoms with Gasteiger partial charge in [0.2, 0.25) is 0 Å². The van der Waals surface area contributed by atoms with Crippen LogP contribution in [0.15, 0.2) is 40.3 Å². The number of hydrogen-bond donors (Lipinski definition) is 1. The number of carbonyl (C=O) groups excluding carboxylic acids is 1. The van der Waals surface area contributed by atoms with Crippen molar-refractivity contribution in [2.75, 3.05) is 5.75 Å². The largest absolute Gasteiger partial charge is 0.300 e. The van der Waals surface area contributed by atoms with Gasteiger partial charge in [0.1, 0.15) is 10.5 Å². The molecule has 0 atom stereocenters. The molecule has 0 amide bonds. The molecule has 0 aliphatic rings. The van der Waals surface area contributed by atoms with Gasteiger partial charge in [-0.25, -0.2) is 4.98 Å². The smallest absolute Gasteiger partial charge is 0.271 e. The number of thioether (sulfide) groups is 1. The minimum absolute atomic E-state index is 0.102. The van der Waals surface area contributed by atoms with Gasteiger partial charge < -0.3 is 4.98 Å². The van der Waals surface area contributed by atoms with E-state index in [1.165, 1.54) is 23.1 Å². The molecule has 3 aromatic rings. The molecule has 5 nitrogen and oxygen atoms in total. The number of rotatable bonds is 4. The second-order valence-electron chi connectivity index (χ2n) is 6.52. The lowest BCUT2D eigenvalue weighted by atomic mass is 9.92. The number of hydrogen-bond acceptors (Lipinski definition) is 6. The van der Waals surface area contributed by atoms with Crippen LogP contribution in [-0.2, 0) is 4.79 Å². The Hall–Kier alpha value is -1.77. The first-order valence-electron chi connectivity index (χ1n) is 7.65. The van der Waals surface area contributed by atoms with Crippen LogP contribution in [-0.4, -0.2) is 26.1 Å². The maximum absolute atomic E-state index is 12.4. The molecule has 0 radical (unpaired) electrons. The first-order valence-corrected chi connectivity index (χ1v) is 9.86. The van der Waals surface area contributed by atoms with Crippen molar-refractivity contribution in [3.63, 3.8) is 0 Å². The summed E-state index contributed by atoms with van der Waals surface area (Å²) in [6.07, 6.45) is 0. The maximum Gasteiger partial charge on any atom is 0.271 e. The summed E-state index contributed by atoms with van der Waals surface area (Å²) in [4.78, 5) is 31.8. The maximum atomic E-state index is 12.4. The Bertz CT molecular complexity index is 1040. The van der Waals surface area contributed by atoms with E-state index in [1.807, 2.05) is 51.1 Å². The summed E-state index contributed by atoms with van der Waals surface area (Å²) in [5, 5.41) is 0.424. The lowest BCUT2D eigenvalue weighted by Gasteiger charge is -2.15. The highest BCUT2D eigenvalue weighted by Crippen LogP contribution is 2.25. The average Bonchev–Trinajstić information content (AvgIpc) is 2.89. The Balaban J connectivity index is 2.05. The van der Waals surface area contributed by atoms with Gasteiger partial charge in [-0.2, -0.15) is 0 Å². The van der Waals surface area contributed by atoms with E-state index in [4.69, 9.17) is 12.2 Å². The zero-order valence-corrected chi connectivity index (χ0v) is 16.5. The molecule has 2 heterocycles. The Labute approximate surface area is 158 Å². The molecular formula is C17H17N3O2S3. The lowest BCUT2D eigenvalue weighted by molar-refractivity contribution is -0.123. The van der Waals surface area contributed by atoms with Gasteiger partial charge in [-0.1, -0.05) is 62.1 Å². The Morgan fingerprint density at radius 2 is 2.00 bits per heavy atom. The fraction of sp³-hybridized carbons (Fsp3) is 0.294. The van der Waals surface area contributed by atoms with E-state index in [1.54, 1.807) is 4.57 Å². The van der Waals surface area contributed by atoms with E-state index in [0.29, 0.717) is 19.5 Å². The molecule has 1 N–H and O–H groups in total. The quantitative estimate of drug-likeness (QED) is 0.410. The van der Waals surface area contributed by atoms with Crippen LogP contribution < -0.4 is 5.56 Å². The minimum Gasteiger partial charge on any atom is -0.300 e. The lowest BCUT2D eigenvalue weighted by Crippen LogP contribution is -2.22. The van der Waals surface area contributed by atoms with Gasteiger partial charge in [0.05, 0.1) is 5.75 Å². The minimum atomic E-state index is -0.419. The van der Waals surface area contributed by atoms with Crippen LogP contribution >= 0.6 is 35.3 Å². The van der Waals surface area contributed by atoms with Gasteiger partial charge in [0.25, 0.3) is 5.56 Å². The van der Waals surface area contributed by atoms with Gasteiger partial charge >= 0.3 is 0 Å². The molecule has 0 unspecified atom stereocenters. The number of nitrogens with zero attached hydrogens (tertiary/aromatic N) is 2. The van der Waals surface area contributed by atoms with Crippen LogP contribution in [0.2, 0.25) is 0 Å². The number of carbonyl (C=O) groups is 1.